The van der Waals surface area contributed by atoms with Gasteiger partial charge in [0, 0.05) is 19.5 Å². The second-order valence-corrected chi connectivity index (χ2v) is 6.30. The summed E-state index contributed by atoms with van der Waals surface area (Å²) in [5, 5.41) is 0. The van der Waals surface area contributed by atoms with E-state index >= 15 is 0 Å². The highest BCUT2D eigenvalue weighted by atomic mass is 16.5. The molecule has 1 atom stereocenters. The summed E-state index contributed by atoms with van der Waals surface area (Å²) in [6.45, 7) is 9.04. The number of likely N-dealkylation sites (tertiary alicyclic amines) is 1. The molecule has 1 amide bonds. The third-order valence-electron chi connectivity index (χ3n) is 3.09. The number of ether oxygens (including phenoxy) is 1. The van der Waals surface area contributed by atoms with Gasteiger partial charge in [-0.15, -0.1) is 6.42 Å². The van der Waals surface area contributed by atoms with Gasteiger partial charge in [0.15, 0.2) is 0 Å². The molecule has 1 saturated heterocycles. The van der Waals surface area contributed by atoms with Gasteiger partial charge >= 0.3 is 0 Å². The van der Waals surface area contributed by atoms with Crippen molar-refractivity contribution in [3.63, 3.8) is 0 Å². The molecule has 18 heavy (non-hydrogen) atoms. The largest absolute Gasteiger partial charge is 0.368 e. The van der Waals surface area contributed by atoms with Crippen molar-refractivity contribution in [2.75, 3.05) is 26.3 Å². The molecule has 1 unspecified atom stereocenters. The van der Waals surface area contributed by atoms with Crippen LogP contribution in [-0.4, -0.2) is 37.1 Å². The fourth-order valence-electron chi connectivity index (χ4n) is 2.28. The van der Waals surface area contributed by atoms with Crippen LogP contribution >= 0.6 is 0 Å². The normalized spacial score (nSPS) is 20.6. The van der Waals surface area contributed by atoms with Gasteiger partial charge in [-0.1, -0.05) is 26.7 Å². The molecule has 0 spiro atoms. The summed E-state index contributed by atoms with van der Waals surface area (Å²) in [4.78, 5) is 14.1. The molecule has 0 aromatic rings. The predicted octanol–water partition coefficient (Wildman–Crippen LogP) is 2.31. The molecular weight excluding hydrogens is 226 g/mol. The molecule has 0 radical (unpaired) electrons. The zero-order valence-electron chi connectivity index (χ0n) is 11.9. The maximum Gasteiger partial charge on any atom is 0.223 e. The standard InChI is InChI=1S/C15H25NO2/c1-5-9-18-12-13-7-6-8-16(11-13)14(17)10-15(2,3)4/h1,13H,6-12H2,2-4H3. The Morgan fingerprint density at radius 3 is 2.83 bits per heavy atom. The number of piperidine rings is 1. The van der Waals surface area contributed by atoms with Crippen molar-refractivity contribution >= 4 is 5.91 Å². The molecule has 0 saturated carbocycles. The first-order valence-electron chi connectivity index (χ1n) is 6.71. The number of rotatable bonds is 4. The van der Waals surface area contributed by atoms with Crippen LogP contribution in [0.25, 0.3) is 0 Å². The molecule has 3 nitrogen and oxygen atoms in total. The molecule has 0 aliphatic carbocycles. The van der Waals surface area contributed by atoms with Gasteiger partial charge in [-0.2, -0.15) is 0 Å². The fourth-order valence-corrected chi connectivity index (χ4v) is 2.28. The Morgan fingerprint density at radius 2 is 2.22 bits per heavy atom. The molecule has 1 fully saturated rings. The SMILES string of the molecule is C#CCOCC1CCCN(C(=O)CC(C)(C)C)C1. The number of nitrogens with zero attached hydrogens (tertiary/aromatic N) is 1. The van der Waals surface area contributed by atoms with Crippen LogP contribution in [0.3, 0.4) is 0 Å². The lowest BCUT2D eigenvalue weighted by Crippen LogP contribution is -2.42. The number of carbonyl (C=O) groups excluding carboxylic acids is 1. The van der Waals surface area contributed by atoms with E-state index in [2.05, 4.69) is 26.7 Å². The van der Waals surface area contributed by atoms with Crippen molar-refractivity contribution in [1.29, 1.82) is 0 Å². The number of amides is 1. The van der Waals surface area contributed by atoms with E-state index in [4.69, 9.17) is 11.2 Å². The topological polar surface area (TPSA) is 29.5 Å². The first kappa shape index (κ1) is 15.0. The molecule has 102 valence electrons. The van der Waals surface area contributed by atoms with Crippen LogP contribution in [0.4, 0.5) is 0 Å². The quantitative estimate of drug-likeness (QED) is 0.567. The Balaban J connectivity index is 2.39. The van der Waals surface area contributed by atoms with Gasteiger partial charge in [-0.25, -0.2) is 0 Å². The minimum Gasteiger partial charge on any atom is -0.368 e. The second-order valence-electron chi connectivity index (χ2n) is 6.30. The Kier molecular flexibility index (Phi) is 5.68. The summed E-state index contributed by atoms with van der Waals surface area (Å²) in [7, 11) is 0. The molecule has 0 aromatic heterocycles. The van der Waals surface area contributed by atoms with Gasteiger partial charge in [-0.05, 0) is 24.2 Å². The van der Waals surface area contributed by atoms with Crippen LogP contribution in [0, 0.1) is 23.7 Å². The predicted molar refractivity (Wildman–Crippen MR) is 73.0 cm³/mol. The van der Waals surface area contributed by atoms with Crippen LogP contribution in [0.5, 0.6) is 0 Å². The highest BCUT2D eigenvalue weighted by molar-refractivity contribution is 5.76. The summed E-state index contributed by atoms with van der Waals surface area (Å²) in [5.41, 5.74) is 0.0595. The van der Waals surface area contributed by atoms with Gasteiger partial charge in [0.1, 0.15) is 6.61 Å². The van der Waals surface area contributed by atoms with E-state index < -0.39 is 0 Å². The first-order chi connectivity index (χ1) is 8.42. The maximum absolute atomic E-state index is 12.1. The van der Waals surface area contributed by atoms with E-state index in [1.807, 2.05) is 4.90 Å². The lowest BCUT2D eigenvalue weighted by atomic mass is 9.90. The average Bonchev–Trinajstić information content (AvgIpc) is 2.27. The molecule has 1 aliphatic rings. The Bertz CT molecular complexity index is 311. The van der Waals surface area contributed by atoms with Crippen molar-refractivity contribution in [1.82, 2.24) is 4.90 Å². The lowest BCUT2D eigenvalue weighted by Gasteiger charge is -2.34. The van der Waals surface area contributed by atoms with E-state index in [-0.39, 0.29) is 11.3 Å². The summed E-state index contributed by atoms with van der Waals surface area (Å²) in [6, 6.07) is 0. The minimum absolute atomic E-state index is 0.0595. The molecule has 3 heteroatoms. The van der Waals surface area contributed by atoms with Gasteiger partial charge in [0.2, 0.25) is 5.91 Å². The highest BCUT2D eigenvalue weighted by Crippen LogP contribution is 2.23. The summed E-state index contributed by atoms with van der Waals surface area (Å²) in [5.74, 6) is 3.18. The van der Waals surface area contributed by atoms with Crippen molar-refractivity contribution in [2.24, 2.45) is 11.3 Å². The maximum atomic E-state index is 12.1. The van der Waals surface area contributed by atoms with Crippen LogP contribution in [-0.2, 0) is 9.53 Å². The Labute approximate surface area is 111 Å². The molecular formula is C15H25NO2. The van der Waals surface area contributed by atoms with E-state index in [9.17, 15) is 4.79 Å². The highest BCUT2D eigenvalue weighted by Gasteiger charge is 2.26. The second kappa shape index (κ2) is 6.80. The monoisotopic (exact) mass is 251 g/mol. The van der Waals surface area contributed by atoms with E-state index in [0.29, 0.717) is 25.6 Å². The fraction of sp³-hybridized carbons (Fsp3) is 0.800. The van der Waals surface area contributed by atoms with Crippen molar-refractivity contribution in [3.05, 3.63) is 0 Å². The zero-order valence-corrected chi connectivity index (χ0v) is 11.9. The van der Waals surface area contributed by atoms with Crippen LogP contribution in [0.15, 0.2) is 0 Å². The van der Waals surface area contributed by atoms with Crippen LogP contribution in [0.1, 0.15) is 40.0 Å². The molecule has 1 heterocycles. The molecule has 0 N–H and O–H groups in total. The van der Waals surface area contributed by atoms with E-state index in [1.54, 1.807) is 0 Å². The molecule has 1 aliphatic heterocycles. The van der Waals surface area contributed by atoms with Crippen molar-refractivity contribution in [2.45, 2.75) is 40.0 Å². The third-order valence-corrected chi connectivity index (χ3v) is 3.09. The number of hydrogen-bond acceptors (Lipinski definition) is 2. The zero-order chi connectivity index (χ0) is 13.6. The first-order valence-corrected chi connectivity index (χ1v) is 6.71. The van der Waals surface area contributed by atoms with Gasteiger partial charge < -0.3 is 9.64 Å². The average molecular weight is 251 g/mol. The van der Waals surface area contributed by atoms with Gasteiger partial charge in [-0.3, -0.25) is 4.79 Å². The lowest BCUT2D eigenvalue weighted by molar-refractivity contribution is -0.135. The summed E-state index contributed by atoms with van der Waals surface area (Å²) in [6.07, 6.45) is 7.96. The molecule has 0 bridgehead atoms. The number of hydrogen-bond donors (Lipinski definition) is 0. The smallest absolute Gasteiger partial charge is 0.223 e. The third kappa shape index (κ3) is 5.55. The van der Waals surface area contributed by atoms with E-state index in [1.165, 1.54) is 0 Å². The molecule has 1 rings (SSSR count). The van der Waals surface area contributed by atoms with Crippen LogP contribution in [0.2, 0.25) is 0 Å². The molecule has 0 aromatic carbocycles. The van der Waals surface area contributed by atoms with Gasteiger partial charge in [0.25, 0.3) is 0 Å². The Hall–Kier alpha value is -1.01. The summed E-state index contributed by atoms with van der Waals surface area (Å²) < 4.78 is 5.38. The Morgan fingerprint density at radius 1 is 1.50 bits per heavy atom. The summed E-state index contributed by atoms with van der Waals surface area (Å²) >= 11 is 0. The van der Waals surface area contributed by atoms with Crippen LogP contribution < -0.4 is 0 Å². The van der Waals surface area contributed by atoms with Gasteiger partial charge in [0.05, 0.1) is 6.61 Å². The van der Waals surface area contributed by atoms with Crippen molar-refractivity contribution in [3.8, 4) is 12.3 Å². The number of terminal acetylenes is 1. The van der Waals surface area contributed by atoms with Crippen molar-refractivity contribution < 1.29 is 9.53 Å². The number of carbonyl (C=O) groups is 1. The minimum atomic E-state index is 0.0595. The van der Waals surface area contributed by atoms with E-state index in [0.717, 1.165) is 25.9 Å².